The molecule has 0 aromatic heterocycles. The van der Waals surface area contributed by atoms with E-state index in [1.165, 1.54) is 11.8 Å². The number of carbonyl (C=O) groups is 3. The first-order valence-electron chi connectivity index (χ1n) is 14.3. The van der Waals surface area contributed by atoms with Crippen LogP contribution in [-0.4, -0.2) is 29.8 Å². The molecule has 1 aliphatic heterocycles. The number of carbonyl (C=O) groups excluding carboxylic acids is 3. The molecule has 0 saturated heterocycles. The summed E-state index contributed by atoms with van der Waals surface area (Å²) < 4.78 is 10.7. The van der Waals surface area contributed by atoms with E-state index in [1.807, 2.05) is 61.5 Å². The smallest absolute Gasteiger partial charge is 0.272 e. The zero-order valence-electron chi connectivity index (χ0n) is 24.3. The summed E-state index contributed by atoms with van der Waals surface area (Å²) in [5.74, 6) is 0.165. The minimum Gasteiger partial charge on any atom is -0.454 e. The number of benzene rings is 5. The molecule has 1 heterocycles. The SMILES string of the molecule is CC(Sc1cccc(NC(=O)/C(=C\c2cccc3ccccc23)NC(=O)c2ccccc2)c1)C(=O)Nc1ccc2c(c1)OCO2. The van der Waals surface area contributed by atoms with Crippen LogP contribution in [0.1, 0.15) is 22.8 Å². The van der Waals surface area contributed by atoms with Gasteiger partial charge in [-0.1, -0.05) is 66.7 Å². The van der Waals surface area contributed by atoms with E-state index in [-0.39, 0.29) is 18.4 Å². The third-order valence-electron chi connectivity index (χ3n) is 7.07. The fourth-order valence-corrected chi connectivity index (χ4v) is 5.72. The Kier molecular flexibility index (Phi) is 8.79. The predicted octanol–water partition coefficient (Wildman–Crippen LogP) is 7.10. The molecule has 5 aromatic rings. The van der Waals surface area contributed by atoms with E-state index in [4.69, 9.17) is 9.47 Å². The minimum absolute atomic E-state index is 0.0923. The summed E-state index contributed by atoms with van der Waals surface area (Å²) in [5, 5.41) is 10.2. The van der Waals surface area contributed by atoms with Gasteiger partial charge in [0.1, 0.15) is 5.70 Å². The number of fused-ring (bicyclic) bond motifs is 2. The summed E-state index contributed by atoms with van der Waals surface area (Å²) in [5.41, 5.74) is 2.44. The Balaban J connectivity index is 1.18. The van der Waals surface area contributed by atoms with E-state index in [0.29, 0.717) is 28.4 Å². The Morgan fingerprint density at radius 1 is 0.756 bits per heavy atom. The van der Waals surface area contributed by atoms with Gasteiger partial charge >= 0.3 is 0 Å². The maximum atomic E-state index is 13.7. The van der Waals surface area contributed by atoms with Crippen molar-refractivity contribution in [2.45, 2.75) is 17.1 Å². The molecule has 3 amide bonds. The second kappa shape index (κ2) is 13.4. The molecular formula is C36H29N3O5S. The molecule has 0 radical (unpaired) electrons. The van der Waals surface area contributed by atoms with Crippen LogP contribution in [0.25, 0.3) is 16.8 Å². The van der Waals surface area contributed by atoms with Crippen molar-refractivity contribution in [1.82, 2.24) is 5.32 Å². The third-order valence-corrected chi connectivity index (χ3v) is 8.16. The van der Waals surface area contributed by atoms with E-state index < -0.39 is 17.1 Å². The van der Waals surface area contributed by atoms with Crippen molar-refractivity contribution in [3.63, 3.8) is 0 Å². The standard InChI is InChI=1S/C36H29N3O5S/c1-23(34(40)37-28-17-18-32-33(21-28)44-22-43-32)45-29-15-8-14-27(20-29)38-36(42)31(39-35(41)25-10-3-2-4-11-25)19-26-13-7-12-24-9-5-6-16-30(24)26/h2-21,23H,22H2,1H3,(H,37,40)(H,38,42)(H,39,41)/b31-19+. The van der Waals surface area contributed by atoms with E-state index >= 15 is 0 Å². The zero-order valence-corrected chi connectivity index (χ0v) is 25.1. The van der Waals surface area contributed by atoms with Crippen molar-refractivity contribution in [1.29, 1.82) is 0 Å². The van der Waals surface area contributed by atoms with Crippen LogP contribution in [0.5, 0.6) is 11.5 Å². The number of thioether (sulfide) groups is 1. The Morgan fingerprint density at radius 2 is 1.49 bits per heavy atom. The molecule has 0 fully saturated rings. The van der Waals surface area contributed by atoms with E-state index in [9.17, 15) is 14.4 Å². The summed E-state index contributed by atoms with van der Waals surface area (Å²) in [7, 11) is 0. The van der Waals surface area contributed by atoms with Crippen molar-refractivity contribution in [2.24, 2.45) is 0 Å². The number of nitrogens with one attached hydrogen (secondary N) is 3. The van der Waals surface area contributed by atoms with Crippen molar-refractivity contribution in [3.05, 3.63) is 132 Å². The Morgan fingerprint density at radius 3 is 2.36 bits per heavy atom. The Labute approximate surface area is 264 Å². The lowest BCUT2D eigenvalue weighted by Gasteiger charge is -2.14. The van der Waals surface area contributed by atoms with Crippen molar-refractivity contribution in [3.8, 4) is 11.5 Å². The van der Waals surface area contributed by atoms with E-state index in [0.717, 1.165) is 21.2 Å². The highest BCUT2D eigenvalue weighted by atomic mass is 32.2. The monoisotopic (exact) mass is 615 g/mol. The molecule has 224 valence electrons. The van der Waals surface area contributed by atoms with Crippen LogP contribution in [0.2, 0.25) is 0 Å². The fourth-order valence-electron chi connectivity index (χ4n) is 4.80. The predicted molar refractivity (Wildman–Crippen MR) is 177 cm³/mol. The number of anilines is 2. The van der Waals surface area contributed by atoms with Gasteiger partial charge in [0.2, 0.25) is 12.7 Å². The van der Waals surface area contributed by atoms with E-state index in [1.54, 1.807) is 66.7 Å². The lowest BCUT2D eigenvalue weighted by Crippen LogP contribution is -2.30. The van der Waals surface area contributed by atoms with Gasteiger partial charge in [-0.2, -0.15) is 0 Å². The summed E-state index contributed by atoms with van der Waals surface area (Å²) in [6.45, 7) is 1.97. The molecule has 1 aliphatic rings. The van der Waals surface area contributed by atoms with Crippen molar-refractivity contribution < 1.29 is 23.9 Å². The highest BCUT2D eigenvalue weighted by Gasteiger charge is 2.19. The van der Waals surface area contributed by atoms with Gasteiger partial charge in [-0.25, -0.2) is 0 Å². The first-order chi connectivity index (χ1) is 21.9. The summed E-state index contributed by atoms with van der Waals surface area (Å²) in [4.78, 5) is 40.5. The first-order valence-corrected chi connectivity index (χ1v) is 15.2. The van der Waals surface area contributed by atoms with Gasteiger partial charge in [0.15, 0.2) is 11.5 Å². The fraction of sp³-hybridized carbons (Fsp3) is 0.0833. The van der Waals surface area contributed by atoms with Gasteiger partial charge in [-0.15, -0.1) is 11.8 Å². The topological polar surface area (TPSA) is 106 Å². The molecule has 0 spiro atoms. The number of hydrogen-bond donors (Lipinski definition) is 3. The van der Waals surface area contributed by atoms with Crippen LogP contribution in [-0.2, 0) is 9.59 Å². The Bertz CT molecular complexity index is 1920. The second-order valence-electron chi connectivity index (χ2n) is 10.2. The molecule has 9 heteroatoms. The molecule has 5 aromatic carbocycles. The molecule has 0 saturated carbocycles. The maximum absolute atomic E-state index is 13.7. The normalized spacial score (nSPS) is 12.8. The lowest BCUT2D eigenvalue weighted by atomic mass is 10.0. The molecule has 3 N–H and O–H groups in total. The molecule has 0 aliphatic carbocycles. The molecule has 0 bridgehead atoms. The van der Waals surface area contributed by atoms with Gasteiger partial charge in [0, 0.05) is 27.9 Å². The molecular weight excluding hydrogens is 586 g/mol. The minimum atomic E-state index is -0.483. The lowest BCUT2D eigenvalue weighted by molar-refractivity contribution is -0.115. The molecule has 6 rings (SSSR count). The number of hydrogen-bond acceptors (Lipinski definition) is 6. The van der Waals surface area contributed by atoms with Gasteiger partial charge < -0.3 is 25.4 Å². The van der Waals surface area contributed by atoms with Crippen LogP contribution in [0.15, 0.2) is 126 Å². The van der Waals surface area contributed by atoms with Crippen LogP contribution in [0.3, 0.4) is 0 Å². The van der Waals surface area contributed by atoms with Gasteiger partial charge in [-0.3, -0.25) is 14.4 Å². The maximum Gasteiger partial charge on any atom is 0.272 e. The van der Waals surface area contributed by atoms with Crippen molar-refractivity contribution >= 4 is 57.7 Å². The van der Waals surface area contributed by atoms with Crippen LogP contribution < -0.4 is 25.4 Å². The largest absolute Gasteiger partial charge is 0.454 e. The molecule has 1 unspecified atom stereocenters. The number of amides is 3. The number of ether oxygens (including phenoxy) is 2. The molecule has 45 heavy (non-hydrogen) atoms. The zero-order chi connectivity index (χ0) is 31.2. The summed E-state index contributed by atoms with van der Waals surface area (Å²) in [6, 6.07) is 34.9. The van der Waals surface area contributed by atoms with Crippen LogP contribution in [0.4, 0.5) is 11.4 Å². The third kappa shape index (κ3) is 7.17. The average Bonchev–Trinajstić information content (AvgIpc) is 3.53. The van der Waals surface area contributed by atoms with Crippen LogP contribution >= 0.6 is 11.8 Å². The van der Waals surface area contributed by atoms with Crippen LogP contribution in [0, 0.1) is 0 Å². The Hall–Kier alpha value is -5.54. The summed E-state index contributed by atoms with van der Waals surface area (Å²) >= 11 is 1.35. The van der Waals surface area contributed by atoms with Gasteiger partial charge in [-0.05, 0) is 71.8 Å². The second-order valence-corrected chi connectivity index (χ2v) is 11.7. The highest BCUT2D eigenvalue weighted by Crippen LogP contribution is 2.35. The molecule has 8 nitrogen and oxygen atoms in total. The number of rotatable bonds is 9. The highest BCUT2D eigenvalue weighted by molar-refractivity contribution is 8.00. The van der Waals surface area contributed by atoms with Gasteiger partial charge in [0.25, 0.3) is 11.8 Å². The first kappa shape index (κ1) is 29.5. The molecule has 1 atom stereocenters. The van der Waals surface area contributed by atoms with E-state index in [2.05, 4.69) is 16.0 Å². The van der Waals surface area contributed by atoms with Gasteiger partial charge in [0.05, 0.1) is 5.25 Å². The van der Waals surface area contributed by atoms with Crippen molar-refractivity contribution in [2.75, 3.05) is 17.4 Å². The quantitative estimate of drug-likeness (QED) is 0.121. The summed E-state index contributed by atoms with van der Waals surface area (Å²) in [6.07, 6.45) is 1.68. The average molecular weight is 616 g/mol.